The molecule has 4 heteroatoms. The molecule has 0 aliphatic heterocycles. The molecule has 0 saturated heterocycles. The third-order valence-electron chi connectivity index (χ3n) is 8.61. The summed E-state index contributed by atoms with van der Waals surface area (Å²) in [4.78, 5) is 0. The molecule has 0 aromatic heterocycles. The van der Waals surface area contributed by atoms with Crippen LogP contribution in [0, 0.1) is 17.8 Å². The molecule has 2 aliphatic rings. The molecular formula is C32H46O3Si. The van der Waals surface area contributed by atoms with Crippen LogP contribution in [0.15, 0.2) is 72.8 Å². The van der Waals surface area contributed by atoms with Crippen LogP contribution < -0.4 is 10.4 Å². The lowest BCUT2D eigenvalue weighted by Crippen LogP contribution is -2.67. The van der Waals surface area contributed by atoms with E-state index in [2.05, 4.69) is 94.4 Å². The Labute approximate surface area is 219 Å². The first-order chi connectivity index (χ1) is 17.3. The maximum Gasteiger partial charge on any atom is 0.261 e. The van der Waals surface area contributed by atoms with Gasteiger partial charge in [0.15, 0.2) is 0 Å². The van der Waals surface area contributed by atoms with Crippen molar-refractivity contribution in [1.29, 1.82) is 0 Å². The quantitative estimate of drug-likeness (QED) is 0.242. The number of hydrogen-bond donors (Lipinski definition) is 2. The number of aliphatic hydroxyl groups excluding tert-OH is 2. The summed E-state index contributed by atoms with van der Waals surface area (Å²) in [5.41, 5.74) is 0. The van der Waals surface area contributed by atoms with E-state index >= 15 is 0 Å². The fraction of sp³-hybridized carbons (Fsp3) is 0.562. The Bertz CT molecular complexity index is 928. The second-order valence-electron chi connectivity index (χ2n) is 12.1. The van der Waals surface area contributed by atoms with E-state index in [-0.39, 0.29) is 23.2 Å². The zero-order chi connectivity index (χ0) is 25.8. The van der Waals surface area contributed by atoms with Crippen LogP contribution in [-0.4, -0.2) is 36.8 Å². The van der Waals surface area contributed by atoms with Crippen molar-refractivity contribution in [3.63, 3.8) is 0 Å². The number of fused-ring (bicyclic) bond motifs is 1. The summed E-state index contributed by atoms with van der Waals surface area (Å²) >= 11 is 0. The molecule has 2 aliphatic carbocycles. The predicted molar refractivity (Wildman–Crippen MR) is 152 cm³/mol. The van der Waals surface area contributed by atoms with Crippen LogP contribution >= 0.6 is 0 Å². The molecule has 2 fully saturated rings. The lowest BCUT2D eigenvalue weighted by atomic mass is 9.90. The molecule has 0 bridgehead atoms. The van der Waals surface area contributed by atoms with Crippen molar-refractivity contribution in [2.45, 2.75) is 96.0 Å². The van der Waals surface area contributed by atoms with Gasteiger partial charge in [0.25, 0.3) is 8.32 Å². The van der Waals surface area contributed by atoms with Crippen LogP contribution in [0.4, 0.5) is 0 Å². The molecule has 36 heavy (non-hydrogen) atoms. The van der Waals surface area contributed by atoms with Crippen molar-refractivity contribution >= 4 is 18.7 Å². The Hall–Kier alpha value is -1.72. The van der Waals surface area contributed by atoms with Gasteiger partial charge in [-0.1, -0.05) is 120 Å². The molecule has 0 amide bonds. The summed E-state index contributed by atoms with van der Waals surface area (Å²) in [7, 11) is -2.58. The third-order valence-corrected chi connectivity index (χ3v) is 13.7. The largest absolute Gasteiger partial charge is 0.404 e. The van der Waals surface area contributed by atoms with Gasteiger partial charge >= 0.3 is 0 Å². The Balaban J connectivity index is 1.56. The van der Waals surface area contributed by atoms with E-state index in [0.717, 1.165) is 44.9 Å². The first-order valence-corrected chi connectivity index (χ1v) is 16.0. The Morgan fingerprint density at radius 2 is 1.56 bits per heavy atom. The van der Waals surface area contributed by atoms with E-state index in [4.69, 9.17) is 4.43 Å². The minimum atomic E-state index is -2.58. The Kier molecular flexibility index (Phi) is 8.93. The molecule has 3 nitrogen and oxygen atoms in total. The second kappa shape index (κ2) is 11.8. The van der Waals surface area contributed by atoms with Crippen molar-refractivity contribution in [2.24, 2.45) is 17.8 Å². The SMILES string of the molecule is CCCCC[C@H](O)/C=C/[C@@H]1[C@H]2C[C@@H](O[Si](c3ccccc3)(c3ccccc3)C(C)(C)C)C[C@H]2C[C@H]1O. The smallest absolute Gasteiger partial charge is 0.261 e. The minimum absolute atomic E-state index is 0.0329. The Morgan fingerprint density at radius 3 is 2.11 bits per heavy atom. The average Bonchev–Trinajstić information content (AvgIpc) is 3.37. The molecule has 4 rings (SSSR count). The van der Waals surface area contributed by atoms with Crippen LogP contribution in [0.3, 0.4) is 0 Å². The standard InChI is InChI=1S/C32H46O3Si/c1-5-6-9-14-25(33)19-20-29-30-23-26(21-24(30)22-31(29)34)35-36(32(2,3)4,27-15-10-7-11-16-27)28-17-12-8-13-18-28/h7-8,10-13,15-20,24-26,29-31,33-34H,5-6,9,14,21-23H2,1-4H3/b20-19+/t24-,25-,26-,29+,30-,31+/m0/s1. The molecule has 2 aromatic rings. The van der Waals surface area contributed by atoms with E-state index in [1.807, 2.05) is 6.08 Å². The van der Waals surface area contributed by atoms with Gasteiger partial charge < -0.3 is 14.6 Å². The monoisotopic (exact) mass is 506 g/mol. The number of hydrogen-bond acceptors (Lipinski definition) is 3. The number of rotatable bonds is 10. The maximum absolute atomic E-state index is 10.9. The fourth-order valence-corrected chi connectivity index (χ4v) is 11.6. The van der Waals surface area contributed by atoms with E-state index < -0.39 is 14.4 Å². The summed E-state index contributed by atoms with van der Waals surface area (Å²) in [6.07, 6.45) is 10.5. The molecule has 2 saturated carbocycles. The average molecular weight is 507 g/mol. The zero-order valence-electron chi connectivity index (χ0n) is 22.6. The number of aliphatic hydroxyl groups is 2. The van der Waals surface area contributed by atoms with Crippen molar-refractivity contribution in [1.82, 2.24) is 0 Å². The summed E-state index contributed by atoms with van der Waals surface area (Å²) in [6.45, 7) is 9.20. The fourth-order valence-electron chi connectivity index (χ4n) is 6.86. The van der Waals surface area contributed by atoms with Crippen LogP contribution in [0.1, 0.15) is 72.6 Å². The van der Waals surface area contributed by atoms with Gasteiger partial charge in [-0.05, 0) is 52.9 Å². The molecule has 0 radical (unpaired) electrons. The molecule has 6 atom stereocenters. The van der Waals surface area contributed by atoms with Crippen LogP contribution in [-0.2, 0) is 4.43 Å². The molecular weight excluding hydrogens is 460 g/mol. The van der Waals surface area contributed by atoms with Gasteiger partial charge in [-0.3, -0.25) is 0 Å². The molecule has 2 N–H and O–H groups in total. The highest BCUT2D eigenvalue weighted by molar-refractivity contribution is 6.99. The van der Waals surface area contributed by atoms with Crippen LogP contribution in [0.2, 0.25) is 5.04 Å². The minimum Gasteiger partial charge on any atom is -0.404 e. The van der Waals surface area contributed by atoms with Crippen LogP contribution in [0.5, 0.6) is 0 Å². The highest BCUT2D eigenvalue weighted by atomic mass is 28.4. The summed E-state index contributed by atoms with van der Waals surface area (Å²) < 4.78 is 7.43. The van der Waals surface area contributed by atoms with Crippen molar-refractivity contribution in [3.8, 4) is 0 Å². The summed E-state index contributed by atoms with van der Waals surface area (Å²) in [6, 6.07) is 21.8. The Morgan fingerprint density at radius 1 is 0.944 bits per heavy atom. The first kappa shape index (κ1) is 27.3. The first-order valence-electron chi connectivity index (χ1n) is 14.1. The molecule has 0 unspecified atom stereocenters. The van der Waals surface area contributed by atoms with Crippen molar-refractivity contribution < 1.29 is 14.6 Å². The topological polar surface area (TPSA) is 49.7 Å². The molecule has 196 valence electrons. The highest BCUT2D eigenvalue weighted by Gasteiger charge is 2.54. The van der Waals surface area contributed by atoms with Gasteiger partial charge in [0.05, 0.1) is 12.2 Å². The van der Waals surface area contributed by atoms with E-state index in [1.54, 1.807) is 0 Å². The lowest BCUT2D eigenvalue weighted by molar-refractivity contribution is 0.118. The summed E-state index contributed by atoms with van der Waals surface area (Å²) in [5.74, 6) is 1.01. The maximum atomic E-state index is 10.9. The molecule has 0 spiro atoms. The molecule has 2 aromatic carbocycles. The van der Waals surface area contributed by atoms with Gasteiger partial charge in [0, 0.05) is 12.0 Å². The zero-order valence-corrected chi connectivity index (χ0v) is 23.6. The summed E-state index contributed by atoms with van der Waals surface area (Å²) in [5, 5.41) is 23.9. The van der Waals surface area contributed by atoms with Crippen LogP contribution in [0.25, 0.3) is 0 Å². The number of unbranched alkanes of at least 4 members (excludes halogenated alkanes) is 2. The predicted octanol–water partition coefficient (Wildman–Crippen LogP) is 5.84. The highest BCUT2D eigenvalue weighted by Crippen LogP contribution is 2.51. The van der Waals surface area contributed by atoms with E-state index in [0.29, 0.717) is 11.8 Å². The van der Waals surface area contributed by atoms with Crippen molar-refractivity contribution in [2.75, 3.05) is 0 Å². The van der Waals surface area contributed by atoms with Gasteiger partial charge in [0.2, 0.25) is 0 Å². The normalized spacial score (nSPS) is 27.4. The van der Waals surface area contributed by atoms with E-state index in [9.17, 15) is 10.2 Å². The van der Waals surface area contributed by atoms with Gasteiger partial charge in [-0.25, -0.2) is 0 Å². The van der Waals surface area contributed by atoms with Gasteiger partial charge in [0.1, 0.15) is 0 Å². The second-order valence-corrected chi connectivity index (χ2v) is 16.4. The van der Waals surface area contributed by atoms with Crippen molar-refractivity contribution in [3.05, 3.63) is 72.8 Å². The molecule has 0 heterocycles. The van der Waals surface area contributed by atoms with E-state index in [1.165, 1.54) is 10.4 Å². The third kappa shape index (κ3) is 5.72. The van der Waals surface area contributed by atoms with Gasteiger partial charge in [-0.15, -0.1) is 0 Å². The van der Waals surface area contributed by atoms with Gasteiger partial charge in [-0.2, -0.15) is 0 Å². The number of benzene rings is 2. The lowest BCUT2D eigenvalue weighted by Gasteiger charge is -2.45.